The van der Waals surface area contributed by atoms with E-state index < -0.39 is 0 Å². The highest BCUT2D eigenvalue weighted by Gasteiger charge is 2.17. The van der Waals surface area contributed by atoms with Crippen LogP contribution in [-0.2, 0) is 4.74 Å². The largest absolute Gasteiger partial charge is 0.506 e. The molecule has 0 radical (unpaired) electrons. The summed E-state index contributed by atoms with van der Waals surface area (Å²) in [5.74, 6) is 0.351. The quantitative estimate of drug-likeness (QED) is 0.807. The van der Waals surface area contributed by atoms with E-state index in [2.05, 4.69) is 4.99 Å². The van der Waals surface area contributed by atoms with Crippen LogP contribution < -0.4 is 0 Å². The predicted octanol–water partition coefficient (Wildman–Crippen LogP) is 2.48. The number of hydrogen-bond donors (Lipinski definition) is 1. The maximum absolute atomic E-state index is 9.63. The van der Waals surface area contributed by atoms with Gasteiger partial charge in [-0.2, -0.15) is 0 Å². The van der Waals surface area contributed by atoms with Crippen LogP contribution in [0.1, 0.15) is 5.56 Å². The zero-order valence-corrected chi connectivity index (χ0v) is 8.64. The van der Waals surface area contributed by atoms with Crippen LogP contribution in [0.4, 0.5) is 0 Å². The lowest BCUT2D eigenvalue weighted by atomic mass is 10.2. The van der Waals surface area contributed by atoms with E-state index in [1.54, 1.807) is 6.07 Å². The van der Waals surface area contributed by atoms with Crippen LogP contribution in [0, 0.1) is 0 Å². The molecular formula is C9H7Cl2NO2. The van der Waals surface area contributed by atoms with Gasteiger partial charge in [-0.1, -0.05) is 23.2 Å². The van der Waals surface area contributed by atoms with E-state index in [0.29, 0.717) is 29.6 Å². The molecule has 1 aromatic rings. The molecule has 1 heterocycles. The number of aromatic hydroxyl groups is 1. The molecule has 0 saturated heterocycles. The molecule has 74 valence electrons. The van der Waals surface area contributed by atoms with Crippen LogP contribution in [-0.4, -0.2) is 24.2 Å². The van der Waals surface area contributed by atoms with Crippen molar-refractivity contribution in [2.24, 2.45) is 4.99 Å². The molecule has 14 heavy (non-hydrogen) atoms. The van der Waals surface area contributed by atoms with Crippen LogP contribution >= 0.6 is 23.2 Å². The molecule has 0 saturated carbocycles. The second kappa shape index (κ2) is 3.67. The van der Waals surface area contributed by atoms with E-state index in [9.17, 15) is 5.11 Å². The Labute approximate surface area is 90.9 Å². The number of rotatable bonds is 1. The van der Waals surface area contributed by atoms with Crippen molar-refractivity contribution in [3.05, 3.63) is 27.7 Å². The average molecular weight is 232 g/mol. The first-order valence-electron chi connectivity index (χ1n) is 4.04. The number of ether oxygens (including phenoxy) is 1. The Hall–Kier alpha value is -0.930. The van der Waals surface area contributed by atoms with Gasteiger partial charge in [0, 0.05) is 5.02 Å². The average Bonchev–Trinajstić information content (AvgIpc) is 2.63. The monoisotopic (exact) mass is 231 g/mol. The van der Waals surface area contributed by atoms with Crippen LogP contribution in [0.25, 0.3) is 0 Å². The van der Waals surface area contributed by atoms with Crippen LogP contribution in [0.2, 0.25) is 10.0 Å². The summed E-state index contributed by atoms with van der Waals surface area (Å²) in [7, 11) is 0. The summed E-state index contributed by atoms with van der Waals surface area (Å²) in [5.41, 5.74) is 0.444. The van der Waals surface area contributed by atoms with Crippen LogP contribution in [0.15, 0.2) is 17.1 Å². The molecule has 0 amide bonds. The highest BCUT2D eigenvalue weighted by Crippen LogP contribution is 2.32. The van der Waals surface area contributed by atoms with Gasteiger partial charge in [-0.05, 0) is 12.1 Å². The van der Waals surface area contributed by atoms with E-state index in [4.69, 9.17) is 27.9 Å². The van der Waals surface area contributed by atoms with Crippen LogP contribution in [0.5, 0.6) is 5.75 Å². The SMILES string of the molecule is Oc1c(Cl)cc(Cl)cc1C1=NCCO1. The molecule has 0 spiro atoms. The van der Waals surface area contributed by atoms with Gasteiger partial charge in [-0.3, -0.25) is 0 Å². The number of phenolic OH excluding ortho intramolecular Hbond substituents is 1. The predicted molar refractivity (Wildman–Crippen MR) is 55.5 cm³/mol. The van der Waals surface area contributed by atoms with Gasteiger partial charge in [0.05, 0.1) is 17.1 Å². The van der Waals surface area contributed by atoms with Crippen molar-refractivity contribution in [1.29, 1.82) is 0 Å². The molecule has 0 aliphatic carbocycles. The molecule has 2 rings (SSSR count). The number of hydrogen-bond acceptors (Lipinski definition) is 3. The summed E-state index contributed by atoms with van der Waals surface area (Å²) >= 11 is 11.5. The van der Waals surface area contributed by atoms with Gasteiger partial charge in [0.15, 0.2) is 0 Å². The van der Waals surface area contributed by atoms with Gasteiger partial charge >= 0.3 is 0 Å². The van der Waals surface area contributed by atoms with Gasteiger partial charge in [-0.25, -0.2) is 4.99 Å². The fraction of sp³-hybridized carbons (Fsp3) is 0.222. The number of benzene rings is 1. The van der Waals surface area contributed by atoms with Crippen molar-refractivity contribution in [2.45, 2.75) is 0 Å². The van der Waals surface area contributed by atoms with Gasteiger partial charge in [0.25, 0.3) is 0 Å². The van der Waals surface area contributed by atoms with Crippen molar-refractivity contribution < 1.29 is 9.84 Å². The lowest BCUT2D eigenvalue weighted by Crippen LogP contribution is -2.01. The van der Waals surface area contributed by atoms with Crippen molar-refractivity contribution in [3.8, 4) is 5.75 Å². The lowest BCUT2D eigenvalue weighted by molar-refractivity contribution is 0.346. The Morgan fingerprint density at radius 2 is 2.14 bits per heavy atom. The molecule has 0 aromatic heterocycles. The van der Waals surface area contributed by atoms with Gasteiger partial charge < -0.3 is 9.84 Å². The maximum Gasteiger partial charge on any atom is 0.220 e. The summed E-state index contributed by atoms with van der Waals surface area (Å²) < 4.78 is 5.20. The smallest absolute Gasteiger partial charge is 0.220 e. The Bertz CT molecular complexity index is 404. The first-order valence-corrected chi connectivity index (χ1v) is 4.79. The summed E-state index contributed by atoms with van der Waals surface area (Å²) in [5, 5.41) is 10.3. The zero-order chi connectivity index (χ0) is 10.1. The Morgan fingerprint density at radius 3 is 2.79 bits per heavy atom. The van der Waals surface area contributed by atoms with Crippen molar-refractivity contribution in [1.82, 2.24) is 0 Å². The highest BCUT2D eigenvalue weighted by molar-refractivity contribution is 6.36. The number of nitrogens with zero attached hydrogens (tertiary/aromatic N) is 1. The van der Waals surface area contributed by atoms with Crippen LogP contribution in [0.3, 0.4) is 0 Å². The molecule has 0 fully saturated rings. The third-order valence-corrected chi connectivity index (χ3v) is 2.35. The van der Waals surface area contributed by atoms with E-state index in [1.807, 2.05) is 0 Å². The van der Waals surface area contributed by atoms with Crippen molar-refractivity contribution in [3.63, 3.8) is 0 Å². The molecule has 1 aliphatic heterocycles. The lowest BCUT2D eigenvalue weighted by Gasteiger charge is -2.06. The summed E-state index contributed by atoms with van der Waals surface area (Å²) in [6.45, 7) is 1.12. The summed E-state index contributed by atoms with van der Waals surface area (Å²) in [6, 6.07) is 3.05. The third kappa shape index (κ3) is 1.65. The summed E-state index contributed by atoms with van der Waals surface area (Å²) in [4.78, 5) is 4.07. The molecular weight excluding hydrogens is 225 g/mol. The van der Waals surface area contributed by atoms with E-state index in [1.165, 1.54) is 6.07 Å². The maximum atomic E-state index is 9.63. The second-order valence-electron chi connectivity index (χ2n) is 2.82. The molecule has 1 N–H and O–H groups in total. The molecule has 0 unspecified atom stereocenters. The topological polar surface area (TPSA) is 41.8 Å². The molecule has 1 aliphatic rings. The van der Waals surface area contributed by atoms with E-state index in [0.717, 1.165) is 0 Å². The number of halogens is 2. The van der Waals surface area contributed by atoms with Crippen molar-refractivity contribution >= 4 is 29.1 Å². The van der Waals surface area contributed by atoms with E-state index >= 15 is 0 Å². The molecule has 3 nitrogen and oxygen atoms in total. The Kier molecular flexibility index (Phi) is 2.52. The zero-order valence-electron chi connectivity index (χ0n) is 7.13. The fourth-order valence-electron chi connectivity index (χ4n) is 1.23. The minimum atomic E-state index is -0.0447. The summed E-state index contributed by atoms with van der Waals surface area (Å²) in [6.07, 6.45) is 0. The number of phenols is 1. The third-order valence-electron chi connectivity index (χ3n) is 1.84. The molecule has 1 aromatic carbocycles. The molecule has 0 atom stereocenters. The van der Waals surface area contributed by atoms with Crippen molar-refractivity contribution in [2.75, 3.05) is 13.2 Å². The normalized spacial score (nSPS) is 15.1. The highest BCUT2D eigenvalue weighted by atomic mass is 35.5. The first kappa shape index (κ1) is 9.62. The minimum absolute atomic E-state index is 0.0447. The van der Waals surface area contributed by atoms with Gasteiger partial charge in [0.2, 0.25) is 5.90 Å². The Balaban J connectivity index is 2.51. The molecule has 0 bridgehead atoms. The minimum Gasteiger partial charge on any atom is -0.506 e. The first-order chi connectivity index (χ1) is 6.68. The van der Waals surface area contributed by atoms with Gasteiger partial charge in [-0.15, -0.1) is 0 Å². The molecule has 5 heteroatoms. The van der Waals surface area contributed by atoms with E-state index in [-0.39, 0.29) is 10.8 Å². The second-order valence-corrected chi connectivity index (χ2v) is 3.66. The standard InChI is InChI=1S/C9H7Cl2NO2/c10-5-3-6(8(13)7(11)4-5)9-12-1-2-14-9/h3-4,13H,1-2H2. The van der Waals surface area contributed by atoms with Gasteiger partial charge in [0.1, 0.15) is 12.4 Å². The fourth-order valence-corrected chi connectivity index (χ4v) is 1.72. The Morgan fingerprint density at radius 1 is 1.36 bits per heavy atom. The number of aliphatic imine (C=N–C) groups is 1.